The molecular weight excluding hydrogens is 244 g/mol. The molecule has 0 N–H and O–H groups in total. The van der Waals surface area contributed by atoms with Crippen LogP contribution >= 0.6 is 0 Å². The summed E-state index contributed by atoms with van der Waals surface area (Å²) in [5, 5.41) is 12.5. The Balaban J connectivity index is 2.40. The SMILES string of the molecule is [N-]=[N+]=Nc1nnc2c3ccccc3n3cncc3n12. The summed E-state index contributed by atoms with van der Waals surface area (Å²) in [7, 11) is 0. The van der Waals surface area contributed by atoms with Gasteiger partial charge >= 0.3 is 0 Å². The van der Waals surface area contributed by atoms with Gasteiger partial charge in [0.2, 0.25) is 5.95 Å². The Kier molecular flexibility index (Phi) is 1.78. The van der Waals surface area contributed by atoms with E-state index in [0.717, 1.165) is 16.6 Å². The number of hydrogen-bond donors (Lipinski definition) is 0. The molecule has 0 atom stereocenters. The fraction of sp³-hybridized carbons (Fsp3) is 0. The molecule has 0 saturated heterocycles. The van der Waals surface area contributed by atoms with Gasteiger partial charge in [0.15, 0.2) is 5.65 Å². The third-order valence-electron chi connectivity index (χ3n) is 3.03. The van der Waals surface area contributed by atoms with Crippen LogP contribution in [-0.2, 0) is 0 Å². The van der Waals surface area contributed by atoms with Gasteiger partial charge in [-0.2, -0.15) is 0 Å². The normalized spacial score (nSPS) is 11.2. The number of benzene rings is 1. The van der Waals surface area contributed by atoms with E-state index >= 15 is 0 Å². The van der Waals surface area contributed by atoms with E-state index in [-0.39, 0.29) is 5.95 Å². The van der Waals surface area contributed by atoms with E-state index in [1.54, 1.807) is 16.9 Å². The molecular formula is C11H6N8. The van der Waals surface area contributed by atoms with E-state index < -0.39 is 0 Å². The molecule has 90 valence electrons. The Morgan fingerprint density at radius 1 is 1.21 bits per heavy atom. The van der Waals surface area contributed by atoms with Gasteiger partial charge in [0.25, 0.3) is 0 Å². The van der Waals surface area contributed by atoms with Crippen LogP contribution in [0.4, 0.5) is 5.95 Å². The highest BCUT2D eigenvalue weighted by Crippen LogP contribution is 2.25. The van der Waals surface area contributed by atoms with Crippen LogP contribution < -0.4 is 0 Å². The maximum Gasteiger partial charge on any atom is 0.226 e. The molecule has 0 bridgehead atoms. The number of nitrogens with zero attached hydrogens (tertiary/aromatic N) is 8. The second-order valence-electron chi connectivity index (χ2n) is 3.99. The molecule has 0 spiro atoms. The molecule has 0 aliphatic carbocycles. The standard InChI is InChI=1S/C11H6N8/c12-17-16-11-15-14-10-7-3-1-2-4-8(7)18-6-13-5-9(18)19(10)11/h1-6H. The smallest absolute Gasteiger partial charge is 0.226 e. The van der Waals surface area contributed by atoms with Crippen LogP contribution in [0.15, 0.2) is 41.9 Å². The van der Waals surface area contributed by atoms with E-state index in [9.17, 15) is 0 Å². The maximum atomic E-state index is 8.59. The number of imidazole rings is 1. The Bertz CT molecular complexity index is 972. The number of hydrogen-bond acceptors (Lipinski definition) is 4. The van der Waals surface area contributed by atoms with Crippen LogP contribution in [0, 0.1) is 0 Å². The van der Waals surface area contributed by atoms with Crippen molar-refractivity contribution >= 4 is 28.1 Å². The number of rotatable bonds is 1. The lowest BCUT2D eigenvalue weighted by Gasteiger charge is -2.05. The molecule has 8 heteroatoms. The van der Waals surface area contributed by atoms with Gasteiger partial charge in [0, 0.05) is 10.3 Å². The third-order valence-corrected chi connectivity index (χ3v) is 3.03. The van der Waals surface area contributed by atoms with Crippen LogP contribution in [0.2, 0.25) is 0 Å². The minimum Gasteiger partial charge on any atom is -0.284 e. The van der Waals surface area contributed by atoms with Gasteiger partial charge in [-0.25, -0.2) is 4.98 Å². The van der Waals surface area contributed by atoms with E-state index in [0.29, 0.717) is 5.65 Å². The number of para-hydroxylation sites is 1. The number of fused-ring (bicyclic) bond motifs is 6. The summed E-state index contributed by atoms with van der Waals surface area (Å²) in [4.78, 5) is 6.91. The molecule has 0 radical (unpaired) electrons. The molecule has 0 amide bonds. The predicted molar refractivity (Wildman–Crippen MR) is 68.0 cm³/mol. The Hall–Kier alpha value is -3.12. The van der Waals surface area contributed by atoms with Gasteiger partial charge in [-0.15, -0.1) is 10.2 Å². The molecule has 8 nitrogen and oxygen atoms in total. The summed E-state index contributed by atoms with van der Waals surface area (Å²) >= 11 is 0. The van der Waals surface area contributed by atoms with E-state index in [4.69, 9.17) is 5.53 Å². The van der Waals surface area contributed by atoms with Gasteiger partial charge in [-0.05, 0) is 22.8 Å². The van der Waals surface area contributed by atoms with Gasteiger partial charge in [-0.3, -0.25) is 8.80 Å². The van der Waals surface area contributed by atoms with Crippen molar-refractivity contribution in [1.29, 1.82) is 0 Å². The highest BCUT2D eigenvalue weighted by atomic mass is 15.4. The highest BCUT2D eigenvalue weighted by molar-refractivity contribution is 5.94. The summed E-state index contributed by atoms with van der Waals surface area (Å²) < 4.78 is 3.59. The van der Waals surface area contributed by atoms with Crippen molar-refractivity contribution in [3.05, 3.63) is 47.2 Å². The zero-order valence-electron chi connectivity index (χ0n) is 9.54. The molecule has 4 rings (SSSR count). The molecule has 4 aromatic rings. The van der Waals surface area contributed by atoms with Crippen molar-refractivity contribution in [3.8, 4) is 0 Å². The molecule has 0 aliphatic heterocycles. The average molecular weight is 250 g/mol. The van der Waals surface area contributed by atoms with Crippen molar-refractivity contribution in [3.63, 3.8) is 0 Å². The van der Waals surface area contributed by atoms with E-state index in [2.05, 4.69) is 25.2 Å². The molecule has 0 saturated carbocycles. The van der Waals surface area contributed by atoms with Gasteiger partial charge in [-0.1, -0.05) is 12.1 Å². The van der Waals surface area contributed by atoms with E-state index in [1.165, 1.54) is 0 Å². The van der Waals surface area contributed by atoms with Crippen molar-refractivity contribution < 1.29 is 0 Å². The zero-order valence-corrected chi connectivity index (χ0v) is 9.54. The van der Waals surface area contributed by atoms with Crippen LogP contribution in [0.3, 0.4) is 0 Å². The summed E-state index contributed by atoms with van der Waals surface area (Å²) in [6.45, 7) is 0. The minimum atomic E-state index is 0.203. The average Bonchev–Trinajstić information content (AvgIpc) is 3.05. The second kappa shape index (κ2) is 3.44. The van der Waals surface area contributed by atoms with Crippen molar-refractivity contribution in [2.75, 3.05) is 0 Å². The number of azide groups is 1. The Labute approximate surface area is 105 Å². The van der Waals surface area contributed by atoms with Crippen molar-refractivity contribution in [1.82, 2.24) is 24.0 Å². The molecule has 3 heterocycles. The molecule has 0 fully saturated rings. The van der Waals surface area contributed by atoms with Crippen LogP contribution in [0.5, 0.6) is 0 Å². The van der Waals surface area contributed by atoms with Gasteiger partial charge in [0.1, 0.15) is 12.0 Å². The second-order valence-corrected chi connectivity index (χ2v) is 3.99. The first-order valence-corrected chi connectivity index (χ1v) is 5.53. The summed E-state index contributed by atoms with van der Waals surface area (Å²) in [5.41, 5.74) is 11.0. The molecule has 19 heavy (non-hydrogen) atoms. The molecule has 0 aliphatic rings. The molecule has 3 aromatic heterocycles. The fourth-order valence-corrected chi connectivity index (χ4v) is 2.28. The lowest BCUT2D eigenvalue weighted by molar-refractivity contribution is 1.07. The first-order valence-electron chi connectivity index (χ1n) is 5.53. The third kappa shape index (κ3) is 1.17. The quantitative estimate of drug-likeness (QED) is 0.295. The summed E-state index contributed by atoms with van der Waals surface area (Å²) in [6.07, 6.45) is 3.39. The zero-order chi connectivity index (χ0) is 12.8. The highest BCUT2D eigenvalue weighted by Gasteiger charge is 2.13. The molecule has 1 aromatic carbocycles. The Morgan fingerprint density at radius 2 is 2.11 bits per heavy atom. The number of aromatic nitrogens is 5. The first-order chi connectivity index (χ1) is 9.40. The van der Waals surface area contributed by atoms with Crippen LogP contribution in [-0.4, -0.2) is 24.0 Å². The lowest BCUT2D eigenvalue weighted by atomic mass is 10.2. The minimum absolute atomic E-state index is 0.203. The monoisotopic (exact) mass is 250 g/mol. The first kappa shape index (κ1) is 9.86. The Morgan fingerprint density at radius 3 is 3.00 bits per heavy atom. The van der Waals surface area contributed by atoms with Gasteiger partial charge in [0.05, 0.1) is 11.7 Å². The topological polar surface area (TPSA) is 96.2 Å². The fourth-order valence-electron chi connectivity index (χ4n) is 2.28. The predicted octanol–water partition coefficient (Wildman–Crippen LogP) is 2.47. The van der Waals surface area contributed by atoms with Crippen LogP contribution in [0.1, 0.15) is 0 Å². The van der Waals surface area contributed by atoms with Crippen molar-refractivity contribution in [2.24, 2.45) is 5.11 Å². The van der Waals surface area contributed by atoms with E-state index in [1.807, 2.05) is 28.7 Å². The van der Waals surface area contributed by atoms with Crippen molar-refractivity contribution in [2.45, 2.75) is 0 Å². The summed E-state index contributed by atoms with van der Waals surface area (Å²) in [6, 6.07) is 7.79. The largest absolute Gasteiger partial charge is 0.284 e. The molecule has 0 unspecified atom stereocenters. The summed E-state index contributed by atoms with van der Waals surface area (Å²) in [5.74, 6) is 0.203. The van der Waals surface area contributed by atoms with Gasteiger partial charge < -0.3 is 0 Å². The van der Waals surface area contributed by atoms with Crippen LogP contribution in [0.25, 0.3) is 32.6 Å². The lowest BCUT2D eigenvalue weighted by Crippen LogP contribution is -1.95. The maximum absolute atomic E-state index is 8.59.